The topological polar surface area (TPSA) is 44.5 Å². The second kappa shape index (κ2) is 5.20. The average Bonchev–Trinajstić information content (AvgIpc) is 2.18. The van der Waals surface area contributed by atoms with Crippen molar-refractivity contribution in [2.24, 2.45) is 5.90 Å². The molecule has 2 N–H and O–H groups in total. The molecule has 0 heterocycles. The minimum absolute atomic E-state index is 0.450. The van der Waals surface area contributed by atoms with Gasteiger partial charge in [-0.1, -0.05) is 23.7 Å². The minimum Gasteiger partial charge on any atom is -0.495 e. The number of benzene rings is 1. The van der Waals surface area contributed by atoms with Gasteiger partial charge in [0.1, 0.15) is 5.75 Å². The quantitative estimate of drug-likeness (QED) is 0.783. The van der Waals surface area contributed by atoms with E-state index in [1.807, 2.05) is 19.1 Å². The van der Waals surface area contributed by atoms with E-state index in [0.717, 1.165) is 16.9 Å². The first kappa shape index (κ1) is 11.3. The molecule has 1 rings (SSSR count). The fourth-order valence-corrected chi connectivity index (χ4v) is 1.69. The predicted molar refractivity (Wildman–Crippen MR) is 56.6 cm³/mol. The van der Waals surface area contributed by atoms with Crippen molar-refractivity contribution in [3.05, 3.63) is 28.3 Å². The molecule has 0 bridgehead atoms. The van der Waals surface area contributed by atoms with Crippen LogP contribution < -0.4 is 10.6 Å². The Morgan fingerprint density at radius 3 is 2.71 bits per heavy atom. The third-order valence-corrected chi connectivity index (χ3v) is 2.48. The van der Waals surface area contributed by atoms with Gasteiger partial charge in [0.05, 0.1) is 18.7 Å². The average molecular weight is 216 g/mol. The first-order chi connectivity index (χ1) is 6.70. The van der Waals surface area contributed by atoms with E-state index in [0.29, 0.717) is 18.1 Å². The zero-order valence-corrected chi connectivity index (χ0v) is 9.10. The van der Waals surface area contributed by atoms with Crippen molar-refractivity contribution in [1.82, 2.24) is 0 Å². The molecule has 1 aromatic rings. The van der Waals surface area contributed by atoms with Crippen LogP contribution in [-0.2, 0) is 11.3 Å². The van der Waals surface area contributed by atoms with Crippen LogP contribution in [0.1, 0.15) is 11.1 Å². The third kappa shape index (κ3) is 2.38. The van der Waals surface area contributed by atoms with E-state index in [1.54, 1.807) is 7.11 Å². The van der Waals surface area contributed by atoms with Crippen molar-refractivity contribution in [2.45, 2.75) is 13.3 Å². The van der Waals surface area contributed by atoms with Crippen LogP contribution in [0.3, 0.4) is 0 Å². The summed E-state index contributed by atoms with van der Waals surface area (Å²) in [5, 5.41) is 0.643. The largest absolute Gasteiger partial charge is 0.495 e. The molecule has 1 aromatic carbocycles. The van der Waals surface area contributed by atoms with Gasteiger partial charge >= 0.3 is 0 Å². The maximum absolute atomic E-state index is 6.13. The molecule has 78 valence electrons. The molecular weight excluding hydrogens is 202 g/mol. The van der Waals surface area contributed by atoms with Crippen molar-refractivity contribution in [1.29, 1.82) is 0 Å². The highest BCUT2D eigenvalue weighted by Crippen LogP contribution is 2.31. The van der Waals surface area contributed by atoms with Gasteiger partial charge in [0.25, 0.3) is 0 Å². The van der Waals surface area contributed by atoms with Gasteiger partial charge in [-0.3, -0.25) is 0 Å². The minimum atomic E-state index is 0.450. The molecule has 0 saturated carbocycles. The lowest BCUT2D eigenvalue weighted by Gasteiger charge is -2.10. The van der Waals surface area contributed by atoms with Crippen molar-refractivity contribution >= 4 is 11.6 Å². The summed E-state index contributed by atoms with van der Waals surface area (Å²) in [6, 6.07) is 3.93. The fourth-order valence-electron chi connectivity index (χ4n) is 1.31. The second-order valence-corrected chi connectivity index (χ2v) is 3.39. The Bertz CT molecular complexity index is 315. The van der Waals surface area contributed by atoms with Crippen LogP contribution in [0.4, 0.5) is 0 Å². The highest BCUT2D eigenvalue weighted by molar-refractivity contribution is 6.33. The molecule has 0 saturated heterocycles. The van der Waals surface area contributed by atoms with Crippen LogP contribution in [0.15, 0.2) is 12.1 Å². The molecule has 0 aromatic heterocycles. The molecule has 0 fully saturated rings. The van der Waals surface area contributed by atoms with E-state index in [9.17, 15) is 0 Å². The third-order valence-electron chi connectivity index (χ3n) is 2.07. The maximum atomic E-state index is 6.13. The zero-order chi connectivity index (χ0) is 10.6. The van der Waals surface area contributed by atoms with Gasteiger partial charge in [0.2, 0.25) is 0 Å². The number of rotatable bonds is 4. The smallest absolute Gasteiger partial charge is 0.140 e. The number of nitrogens with two attached hydrogens (primary N) is 1. The molecule has 0 amide bonds. The lowest BCUT2D eigenvalue weighted by atomic mass is 10.1. The van der Waals surface area contributed by atoms with E-state index in [-0.39, 0.29) is 0 Å². The Hall–Kier alpha value is -0.770. The number of methoxy groups -OCH3 is 1. The lowest BCUT2D eigenvalue weighted by molar-refractivity contribution is 0.141. The molecular formula is C10H14ClNO2. The van der Waals surface area contributed by atoms with Gasteiger partial charge in [-0.05, 0) is 24.5 Å². The highest BCUT2D eigenvalue weighted by atomic mass is 35.5. The molecule has 3 nitrogen and oxygen atoms in total. The molecule has 0 aliphatic heterocycles. The molecule has 4 heteroatoms. The summed E-state index contributed by atoms with van der Waals surface area (Å²) in [4.78, 5) is 4.51. The number of halogens is 1. The van der Waals surface area contributed by atoms with E-state index in [4.69, 9.17) is 22.2 Å². The molecule has 14 heavy (non-hydrogen) atoms. The number of hydrogen-bond acceptors (Lipinski definition) is 3. The van der Waals surface area contributed by atoms with Crippen molar-refractivity contribution in [3.63, 3.8) is 0 Å². The zero-order valence-electron chi connectivity index (χ0n) is 8.34. The van der Waals surface area contributed by atoms with E-state index < -0.39 is 0 Å². The van der Waals surface area contributed by atoms with Crippen LogP contribution in [0.25, 0.3) is 0 Å². The van der Waals surface area contributed by atoms with E-state index in [2.05, 4.69) is 4.84 Å². The summed E-state index contributed by atoms with van der Waals surface area (Å²) in [7, 11) is 1.61. The van der Waals surface area contributed by atoms with Crippen molar-refractivity contribution in [3.8, 4) is 5.75 Å². The maximum Gasteiger partial charge on any atom is 0.140 e. The molecule has 0 atom stereocenters. The van der Waals surface area contributed by atoms with Crippen LogP contribution in [-0.4, -0.2) is 13.7 Å². The number of aryl methyl sites for hydroxylation is 1. The van der Waals surface area contributed by atoms with Crippen LogP contribution in [0, 0.1) is 6.92 Å². The Labute approximate surface area is 88.7 Å². The van der Waals surface area contributed by atoms with Gasteiger partial charge < -0.3 is 9.57 Å². The van der Waals surface area contributed by atoms with Crippen molar-refractivity contribution < 1.29 is 9.57 Å². The summed E-state index contributed by atoms with van der Waals surface area (Å²) in [5.74, 6) is 5.68. The second-order valence-electron chi connectivity index (χ2n) is 3.01. The molecule has 0 unspecified atom stereocenters. The SMILES string of the molecule is COc1c(C)ccc(CCON)c1Cl. The lowest BCUT2D eigenvalue weighted by Crippen LogP contribution is -2.04. The first-order valence-electron chi connectivity index (χ1n) is 4.34. The molecule has 0 spiro atoms. The van der Waals surface area contributed by atoms with E-state index in [1.165, 1.54) is 0 Å². The Kier molecular flexibility index (Phi) is 4.20. The highest BCUT2D eigenvalue weighted by Gasteiger charge is 2.09. The summed E-state index contributed by atoms with van der Waals surface area (Å²) in [5.41, 5.74) is 2.01. The van der Waals surface area contributed by atoms with Crippen LogP contribution in [0.5, 0.6) is 5.75 Å². The molecule has 0 aliphatic carbocycles. The Morgan fingerprint density at radius 1 is 1.43 bits per heavy atom. The molecule has 0 radical (unpaired) electrons. The summed E-state index contributed by atoms with van der Waals surface area (Å²) < 4.78 is 5.19. The summed E-state index contributed by atoms with van der Waals surface area (Å²) in [6.07, 6.45) is 0.686. The summed E-state index contributed by atoms with van der Waals surface area (Å²) >= 11 is 6.13. The van der Waals surface area contributed by atoms with Gasteiger partial charge in [-0.25, -0.2) is 5.90 Å². The Balaban J connectivity index is 2.96. The van der Waals surface area contributed by atoms with E-state index >= 15 is 0 Å². The fraction of sp³-hybridized carbons (Fsp3) is 0.400. The van der Waals surface area contributed by atoms with Crippen LogP contribution >= 0.6 is 11.6 Å². The normalized spacial score (nSPS) is 10.3. The summed E-state index contributed by atoms with van der Waals surface area (Å²) in [6.45, 7) is 2.40. The number of ether oxygens (including phenoxy) is 1. The van der Waals surface area contributed by atoms with Gasteiger partial charge in [-0.2, -0.15) is 0 Å². The number of hydrogen-bond donors (Lipinski definition) is 1. The van der Waals surface area contributed by atoms with Gasteiger partial charge in [0, 0.05) is 0 Å². The standard InChI is InChI=1S/C10H14ClNO2/c1-7-3-4-8(5-6-14-12)9(11)10(7)13-2/h3-4H,5-6,12H2,1-2H3. The first-order valence-corrected chi connectivity index (χ1v) is 4.72. The monoisotopic (exact) mass is 215 g/mol. The van der Waals surface area contributed by atoms with Gasteiger partial charge in [0.15, 0.2) is 0 Å². The predicted octanol–water partition coefficient (Wildman–Crippen LogP) is 2.09. The van der Waals surface area contributed by atoms with Crippen LogP contribution in [0.2, 0.25) is 5.02 Å². The van der Waals surface area contributed by atoms with Crippen molar-refractivity contribution in [2.75, 3.05) is 13.7 Å². The molecule has 0 aliphatic rings. The Morgan fingerprint density at radius 2 is 2.14 bits per heavy atom. The van der Waals surface area contributed by atoms with Gasteiger partial charge in [-0.15, -0.1) is 0 Å².